The van der Waals surface area contributed by atoms with Gasteiger partial charge in [-0.05, 0) is 53.6 Å². The molecule has 6 nitrogen and oxygen atoms in total. The van der Waals surface area contributed by atoms with Crippen LogP contribution in [-0.4, -0.2) is 91.7 Å². The van der Waals surface area contributed by atoms with Crippen molar-refractivity contribution in [2.24, 2.45) is 0 Å². The molecule has 0 N–H and O–H groups in total. The topological polar surface area (TPSA) is 47.1 Å². The highest BCUT2D eigenvalue weighted by Gasteiger charge is 2.22. The van der Waals surface area contributed by atoms with Crippen molar-refractivity contribution >= 4 is 54.4 Å². The quantitative estimate of drug-likeness (QED) is 0.429. The fourth-order valence-corrected chi connectivity index (χ4v) is 7.14. The smallest absolute Gasteiger partial charge is 0.272 e. The Hall–Kier alpha value is 0.580. The number of carbonyl (C=O) groups excluding carboxylic acids is 2. The molecule has 0 bridgehead atoms. The third-order valence-electron chi connectivity index (χ3n) is 5.02. The van der Waals surface area contributed by atoms with Gasteiger partial charge in [0.1, 0.15) is 0 Å². The van der Waals surface area contributed by atoms with Crippen molar-refractivity contribution < 1.29 is 9.59 Å². The van der Waals surface area contributed by atoms with Gasteiger partial charge < -0.3 is 0 Å². The molecule has 2 rings (SSSR count). The Balaban J connectivity index is 1.65. The van der Waals surface area contributed by atoms with E-state index in [-0.39, 0.29) is 8.89 Å². The lowest BCUT2D eigenvalue weighted by atomic mass is 10.3. The monoisotopic (exact) mass is 466 g/mol. The number of rotatable bonds is 4. The molecule has 162 valence electrons. The van der Waals surface area contributed by atoms with Crippen molar-refractivity contribution in [3.8, 4) is 0 Å². The Morgan fingerprint density at radius 1 is 0.607 bits per heavy atom. The average Bonchev–Trinajstić information content (AvgIpc) is 3.01. The van der Waals surface area contributed by atoms with Gasteiger partial charge in [0.2, 0.25) is 0 Å². The van der Waals surface area contributed by atoms with E-state index in [1.807, 2.05) is 0 Å². The van der Waals surface area contributed by atoms with Gasteiger partial charge >= 0.3 is 0 Å². The van der Waals surface area contributed by atoms with E-state index in [1.165, 1.54) is 23.9 Å². The van der Waals surface area contributed by atoms with Crippen molar-refractivity contribution in [2.45, 2.75) is 52.6 Å². The maximum Gasteiger partial charge on any atom is 0.272 e. The van der Waals surface area contributed by atoms with Gasteiger partial charge in [-0.25, -0.2) is 8.61 Å². The molecule has 0 radical (unpaired) electrons. The van der Waals surface area contributed by atoms with Gasteiger partial charge in [0.25, 0.3) is 8.89 Å². The van der Waals surface area contributed by atoms with Gasteiger partial charge in [-0.15, -0.1) is 0 Å². The van der Waals surface area contributed by atoms with E-state index in [0.29, 0.717) is 12.1 Å². The number of carbonyl (C=O) groups is 2. The van der Waals surface area contributed by atoms with Crippen LogP contribution < -0.4 is 0 Å². The molecule has 2 aliphatic heterocycles. The third-order valence-corrected chi connectivity index (χ3v) is 9.66. The molecular formula is C18H34N4O2S4. The lowest BCUT2D eigenvalue weighted by Gasteiger charge is -2.24. The van der Waals surface area contributed by atoms with E-state index in [9.17, 15) is 9.59 Å². The first-order valence-electron chi connectivity index (χ1n) is 10.1. The molecule has 0 saturated carbocycles. The van der Waals surface area contributed by atoms with Crippen LogP contribution in [0, 0.1) is 0 Å². The highest BCUT2D eigenvalue weighted by atomic mass is 33.1. The van der Waals surface area contributed by atoms with Gasteiger partial charge in [0.05, 0.1) is 0 Å². The lowest BCUT2D eigenvalue weighted by molar-refractivity contribution is 0.234. The molecule has 2 saturated heterocycles. The summed E-state index contributed by atoms with van der Waals surface area (Å²) in [4.78, 5) is 29.5. The fraction of sp³-hybridized carbons (Fsp3) is 0.889. The molecule has 2 heterocycles. The standard InChI is InChI=1S/C18H34N4O2S4/c1-15(2)19-7-5-9-21(13-11-19)25-17(23)27-28-18(24)26-22-10-6-8-20(12-14-22)16(3)4/h15-16H,5-14H2,1-4H3. The summed E-state index contributed by atoms with van der Waals surface area (Å²) in [6, 6.07) is 1.10. The van der Waals surface area contributed by atoms with Crippen LogP contribution in [0.3, 0.4) is 0 Å². The second-order valence-corrected chi connectivity index (χ2v) is 12.4. The van der Waals surface area contributed by atoms with Gasteiger partial charge in [-0.2, -0.15) is 0 Å². The van der Waals surface area contributed by atoms with E-state index in [4.69, 9.17) is 0 Å². The second kappa shape index (κ2) is 13.1. The summed E-state index contributed by atoms with van der Waals surface area (Å²) in [5, 5.41) is 0. The Bertz CT molecular complexity index is 466. The summed E-state index contributed by atoms with van der Waals surface area (Å²) in [5.74, 6) is 0. The molecule has 28 heavy (non-hydrogen) atoms. The zero-order valence-electron chi connectivity index (χ0n) is 17.5. The molecule has 0 spiro atoms. The van der Waals surface area contributed by atoms with Crippen LogP contribution in [0.25, 0.3) is 0 Å². The molecular weight excluding hydrogens is 432 g/mol. The first kappa shape index (κ1) is 24.8. The van der Waals surface area contributed by atoms with Crippen LogP contribution in [0.2, 0.25) is 0 Å². The van der Waals surface area contributed by atoms with Crippen LogP contribution >= 0.6 is 45.5 Å². The SMILES string of the molecule is CC(C)N1CCCN(SC(=O)SSC(=O)SN2CCCN(C(C)C)CC2)CC1. The van der Waals surface area contributed by atoms with Crippen LogP contribution in [0.15, 0.2) is 0 Å². The minimum Gasteiger partial charge on any atom is -0.300 e. The zero-order valence-corrected chi connectivity index (χ0v) is 20.7. The van der Waals surface area contributed by atoms with E-state index >= 15 is 0 Å². The van der Waals surface area contributed by atoms with Crippen molar-refractivity contribution in [3.05, 3.63) is 0 Å². The molecule has 0 aromatic carbocycles. The molecule has 0 amide bonds. The molecule has 2 fully saturated rings. The summed E-state index contributed by atoms with van der Waals surface area (Å²) in [6.45, 7) is 16.7. The highest BCUT2D eigenvalue weighted by molar-refractivity contribution is 8.93. The van der Waals surface area contributed by atoms with Crippen LogP contribution in [0.1, 0.15) is 40.5 Å². The van der Waals surface area contributed by atoms with Gasteiger partial charge in [-0.1, -0.05) is 0 Å². The number of nitrogens with zero attached hydrogens (tertiary/aromatic N) is 4. The first-order chi connectivity index (χ1) is 13.3. The number of hydrogen-bond donors (Lipinski definition) is 0. The van der Waals surface area contributed by atoms with Crippen LogP contribution in [0.5, 0.6) is 0 Å². The molecule has 0 atom stereocenters. The van der Waals surface area contributed by atoms with Crippen molar-refractivity contribution in [3.63, 3.8) is 0 Å². The summed E-state index contributed by atoms with van der Waals surface area (Å²) in [7, 11) is 2.14. The fourth-order valence-electron chi connectivity index (χ4n) is 3.35. The van der Waals surface area contributed by atoms with Gasteiger partial charge in [-0.3, -0.25) is 19.4 Å². The minimum absolute atomic E-state index is 0.00111. The summed E-state index contributed by atoms with van der Waals surface area (Å²) in [6.07, 6.45) is 2.15. The number of hydrogen-bond acceptors (Lipinski definition) is 10. The van der Waals surface area contributed by atoms with Gasteiger partial charge in [0, 0.05) is 96.8 Å². The predicted molar refractivity (Wildman–Crippen MR) is 127 cm³/mol. The van der Waals surface area contributed by atoms with E-state index in [2.05, 4.69) is 46.1 Å². The maximum atomic E-state index is 12.3. The predicted octanol–water partition coefficient (Wildman–Crippen LogP) is 4.74. The molecule has 0 unspecified atom stereocenters. The summed E-state index contributed by atoms with van der Waals surface area (Å²) in [5.41, 5.74) is 0. The lowest BCUT2D eigenvalue weighted by Crippen LogP contribution is -2.34. The Kier molecular flexibility index (Phi) is 11.6. The molecule has 0 aromatic heterocycles. The molecule has 0 aliphatic carbocycles. The van der Waals surface area contributed by atoms with Crippen molar-refractivity contribution in [2.75, 3.05) is 52.4 Å². The molecule has 2 aliphatic rings. The molecule has 0 aromatic rings. The van der Waals surface area contributed by atoms with Gasteiger partial charge in [0.15, 0.2) is 0 Å². The van der Waals surface area contributed by atoms with E-state index in [1.54, 1.807) is 0 Å². The Morgan fingerprint density at radius 3 is 1.36 bits per heavy atom. The van der Waals surface area contributed by atoms with Crippen LogP contribution in [0.4, 0.5) is 9.59 Å². The highest BCUT2D eigenvalue weighted by Crippen LogP contribution is 2.36. The van der Waals surface area contributed by atoms with E-state index < -0.39 is 0 Å². The Morgan fingerprint density at radius 2 is 1.00 bits per heavy atom. The summed E-state index contributed by atoms with van der Waals surface area (Å²) < 4.78 is 4.29. The normalized spacial score (nSPS) is 21.8. The minimum atomic E-state index is -0.00111. The third kappa shape index (κ3) is 9.16. The largest absolute Gasteiger partial charge is 0.300 e. The average molecular weight is 467 g/mol. The first-order valence-corrected chi connectivity index (χ1v) is 13.8. The summed E-state index contributed by atoms with van der Waals surface area (Å²) >= 11 is 2.54. The van der Waals surface area contributed by atoms with Crippen molar-refractivity contribution in [1.82, 2.24) is 18.4 Å². The maximum absolute atomic E-state index is 12.3. The Labute approximate surface area is 186 Å². The van der Waals surface area contributed by atoms with Crippen molar-refractivity contribution in [1.29, 1.82) is 0 Å². The zero-order chi connectivity index (χ0) is 20.5. The van der Waals surface area contributed by atoms with E-state index in [0.717, 1.165) is 86.8 Å². The second-order valence-electron chi connectivity index (χ2n) is 7.67. The van der Waals surface area contributed by atoms with Crippen LogP contribution in [-0.2, 0) is 0 Å². The molecule has 10 heteroatoms.